The first-order valence-corrected chi connectivity index (χ1v) is 12.1. The van der Waals surface area contributed by atoms with Gasteiger partial charge in [-0.2, -0.15) is 0 Å². The number of rotatable bonds is 13. The number of carboxylic acid groups (broad SMARTS) is 1. The molecule has 0 fully saturated rings. The third-order valence-corrected chi connectivity index (χ3v) is 6.00. The first-order chi connectivity index (χ1) is 15.6. The standard InChI is InChI=1S/C23H31N3O6S/c1-16(2)32-14-4-13-24-21(23(28)29)15-22(27)25-18-9-11-20(12-10-18)33(30,31)26-19-7-5-17(3)6-8-19/h5-12,16,21,24,26H,4,13-15H2,1-3H3,(H,25,27)(H,28,29). The molecule has 0 bridgehead atoms. The molecule has 0 aliphatic carbocycles. The molecule has 180 valence electrons. The average Bonchev–Trinajstić information content (AvgIpc) is 2.74. The van der Waals surface area contributed by atoms with Crippen molar-refractivity contribution in [2.24, 2.45) is 0 Å². The molecule has 0 saturated heterocycles. The Morgan fingerprint density at radius 1 is 1.00 bits per heavy atom. The molecule has 0 heterocycles. The lowest BCUT2D eigenvalue weighted by atomic mass is 10.2. The minimum absolute atomic E-state index is 0.0368. The van der Waals surface area contributed by atoms with E-state index in [2.05, 4.69) is 15.4 Å². The maximum atomic E-state index is 12.5. The molecule has 9 nitrogen and oxygen atoms in total. The largest absolute Gasteiger partial charge is 0.480 e. The smallest absolute Gasteiger partial charge is 0.321 e. The van der Waals surface area contributed by atoms with E-state index in [0.717, 1.165) is 5.56 Å². The van der Waals surface area contributed by atoms with Gasteiger partial charge in [0.15, 0.2) is 0 Å². The van der Waals surface area contributed by atoms with Crippen LogP contribution in [-0.2, 0) is 24.3 Å². The summed E-state index contributed by atoms with van der Waals surface area (Å²) in [6, 6.07) is 11.5. The van der Waals surface area contributed by atoms with Gasteiger partial charge in [-0.15, -0.1) is 0 Å². The van der Waals surface area contributed by atoms with Crippen LogP contribution in [-0.4, -0.2) is 50.7 Å². The molecule has 0 spiro atoms. The number of sulfonamides is 1. The average molecular weight is 478 g/mol. The third-order valence-electron chi connectivity index (χ3n) is 4.60. The Balaban J connectivity index is 1.89. The number of carbonyl (C=O) groups excluding carboxylic acids is 1. The predicted molar refractivity (Wildman–Crippen MR) is 127 cm³/mol. The van der Waals surface area contributed by atoms with Gasteiger partial charge in [0.2, 0.25) is 5.91 Å². The fourth-order valence-corrected chi connectivity index (χ4v) is 3.92. The zero-order valence-corrected chi connectivity index (χ0v) is 19.8. The maximum Gasteiger partial charge on any atom is 0.321 e. The highest BCUT2D eigenvalue weighted by molar-refractivity contribution is 7.92. The van der Waals surface area contributed by atoms with Gasteiger partial charge in [-0.3, -0.25) is 14.3 Å². The quantitative estimate of drug-likeness (QED) is 0.326. The summed E-state index contributed by atoms with van der Waals surface area (Å²) in [5, 5.41) is 14.8. The summed E-state index contributed by atoms with van der Waals surface area (Å²) >= 11 is 0. The number of benzene rings is 2. The zero-order chi connectivity index (χ0) is 24.4. The van der Waals surface area contributed by atoms with Gasteiger partial charge >= 0.3 is 5.97 Å². The van der Waals surface area contributed by atoms with Crippen molar-refractivity contribution >= 4 is 33.3 Å². The molecule has 0 aliphatic rings. The highest BCUT2D eigenvalue weighted by Gasteiger charge is 2.21. The van der Waals surface area contributed by atoms with Crippen LogP contribution in [0.5, 0.6) is 0 Å². The Bertz CT molecular complexity index is 1020. The van der Waals surface area contributed by atoms with Crippen LogP contribution < -0.4 is 15.4 Å². The summed E-state index contributed by atoms with van der Waals surface area (Å²) in [6.07, 6.45) is 0.455. The van der Waals surface area contributed by atoms with Crippen LogP contribution in [0.25, 0.3) is 0 Å². The second-order valence-electron chi connectivity index (χ2n) is 7.87. The molecule has 0 saturated carbocycles. The number of aryl methyl sites for hydroxylation is 1. The summed E-state index contributed by atoms with van der Waals surface area (Å²) < 4.78 is 33.0. The summed E-state index contributed by atoms with van der Waals surface area (Å²) in [5.74, 6) is -1.62. The van der Waals surface area contributed by atoms with E-state index in [1.807, 2.05) is 20.8 Å². The molecule has 0 aliphatic heterocycles. The first-order valence-electron chi connectivity index (χ1n) is 10.6. The van der Waals surface area contributed by atoms with Gasteiger partial charge < -0.3 is 20.5 Å². The van der Waals surface area contributed by atoms with Crippen molar-refractivity contribution in [2.75, 3.05) is 23.2 Å². The molecule has 2 aromatic carbocycles. The van der Waals surface area contributed by atoms with E-state index in [1.165, 1.54) is 24.3 Å². The minimum atomic E-state index is -3.78. The Hall–Kier alpha value is -2.95. The molecule has 2 rings (SSSR count). The van der Waals surface area contributed by atoms with E-state index in [4.69, 9.17) is 4.74 Å². The number of aliphatic carboxylic acids is 1. The van der Waals surface area contributed by atoms with E-state index >= 15 is 0 Å². The molecule has 1 unspecified atom stereocenters. The number of amides is 1. The highest BCUT2D eigenvalue weighted by atomic mass is 32.2. The molecule has 10 heteroatoms. The molecule has 33 heavy (non-hydrogen) atoms. The van der Waals surface area contributed by atoms with Gasteiger partial charge in [0.05, 0.1) is 17.4 Å². The number of carboxylic acids is 1. The molecule has 0 radical (unpaired) electrons. The van der Waals surface area contributed by atoms with Crippen molar-refractivity contribution in [1.82, 2.24) is 5.32 Å². The monoisotopic (exact) mass is 477 g/mol. The van der Waals surface area contributed by atoms with Crippen molar-refractivity contribution in [1.29, 1.82) is 0 Å². The Morgan fingerprint density at radius 2 is 1.61 bits per heavy atom. The fourth-order valence-electron chi connectivity index (χ4n) is 2.86. The highest BCUT2D eigenvalue weighted by Crippen LogP contribution is 2.19. The number of hydrogen-bond donors (Lipinski definition) is 4. The number of carbonyl (C=O) groups is 2. The van der Waals surface area contributed by atoms with Gasteiger partial charge in [0.25, 0.3) is 10.0 Å². The van der Waals surface area contributed by atoms with E-state index < -0.39 is 27.9 Å². The molecule has 1 atom stereocenters. The molecular weight excluding hydrogens is 446 g/mol. The second-order valence-corrected chi connectivity index (χ2v) is 9.55. The second kappa shape index (κ2) is 12.3. The van der Waals surface area contributed by atoms with Crippen LogP contribution in [0.2, 0.25) is 0 Å². The molecule has 0 aromatic heterocycles. The predicted octanol–water partition coefficient (Wildman–Crippen LogP) is 2.98. The normalized spacial score (nSPS) is 12.4. The van der Waals surface area contributed by atoms with Crippen molar-refractivity contribution in [3.8, 4) is 0 Å². The van der Waals surface area contributed by atoms with Crippen LogP contribution in [0.3, 0.4) is 0 Å². The Morgan fingerprint density at radius 3 is 2.18 bits per heavy atom. The number of anilines is 2. The van der Waals surface area contributed by atoms with Gasteiger partial charge in [-0.05, 0) is 70.1 Å². The van der Waals surface area contributed by atoms with Crippen molar-refractivity contribution < 1.29 is 27.9 Å². The fraction of sp³-hybridized carbons (Fsp3) is 0.391. The third kappa shape index (κ3) is 9.21. The lowest BCUT2D eigenvalue weighted by Gasteiger charge is -2.15. The van der Waals surface area contributed by atoms with Gasteiger partial charge in [0, 0.05) is 18.0 Å². The van der Waals surface area contributed by atoms with Crippen LogP contribution in [0.4, 0.5) is 11.4 Å². The Kier molecular flexibility index (Phi) is 9.83. The number of nitrogens with one attached hydrogen (secondary N) is 3. The number of ether oxygens (including phenoxy) is 1. The lowest BCUT2D eigenvalue weighted by Crippen LogP contribution is -2.40. The minimum Gasteiger partial charge on any atom is -0.480 e. The summed E-state index contributed by atoms with van der Waals surface area (Å²) in [4.78, 5) is 23.8. The summed E-state index contributed by atoms with van der Waals surface area (Å²) in [5.41, 5.74) is 1.82. The van der Waals surface area contributed by atoms with Crippen molar-refractivity contribution in [2.45, 2.75) is 50.7 Å². The van der Waals surface area contributed by atoms with Gasteiger partial charge in [-0.1, -0.05) is 17.7 Å². The van der Waals surface area contributed by atoms with Gasteiger partial charge in [-0.25, -0.2) is 8.42 Å². The van der Waals surface area contributed by atoms with E-state index in [0.29, 0.717) is 30.9 Å². The van der Waals surface area contributed by atoms with E-state index in [-0.39, 0.29) is 17.4 Å². The van der Waals surface area contributed by atoms with Gasteiger partial charge in [0.1, 0.15) is 6.04 Å². The summed E-state index contributed by atoms with van der Waals surface area (Å²) in [7, 11) is -3.78. The number of hydrogen-bond acceptors (Lipinski definition) is 6. The topological polar surface area (TPSA) is 134 Å². The lowest BCUT2D eigenvalue weighted by molar-refractivity contribution is -0.141. The van der Waals surface area contributed by atoms with Crippen LogP contribution in [0, 0.1) is 6.92 Å². The van der Waals surface area contributed by atoms with Crippen LogP contribution >= 0.6 is 0 Å². The maximum absolute atomic E-state index is 12.5. The van der Waals surface area contributed by atoms with E-state index in [9.17, 15) is 23.1 Å². The van der Waals surface area contributed by atoms with Crippen molar-refractivity contribution in [3.05, 3.63) is 54.1 Å². The van der Waals surface area contributed by atoms with Crippen molar-refractivity contribution in [3.63, 3.8) is 0 Å². The van der Waals surface area contributed by atoms with Crippen LogP contribution in [0.15, 0.2) is 53.4 Å². The molecule has 4 N–H and O–H groups in total. The SMILES string of the molecule is Cc1ccc(NS(=O)(=O)c2ccc(NC(=O)CC(NCCCOC(C)C)C(=O)O)cc2)cc1. The summed E-state index contributed by atoms with van der Waals surface area (Å²) in [6.45, 7) is 6.64. The Labute approximate surface area is 194 Å². The van der Waals surface area contributed by atoms with E-state index in [1.54, 1.807) is 24.3 Å². The molecule has 2 aromatic rings. The zero-order valence-electron chi connectivity index (χ0n) is 19.0. The van der Waals surface area contributed by atoms with Crippen LogP contribution in [0.1, 0.15) is 32.3 Å². The first kappa shape index (κ1) is 26.3. The molecule has 1 amide bonds. The molecular formula is C23H31N3O6S.